The van der Waals surface area contributed by atoms with Crippen LogP contribution in [0.3, 0.4) is 0 Å². The lowest BCUT2D eigenvalue weighted by molar-refractivity contribution is -0.142. The van der Waals surface area contributed by atoms with Crippen LogP contribution < -0.4 is 5.32 Å². The first-order valence-electron chi connectivity index (χ1n) is 7.01. The molecule has 1 N–H and O–H groups in total. The van der Waals surface area contributed by atoms with E-state index in [4.69, 9.17) is 4.74 Å². The summed E-state index contributed by atoms with van der Waals surface area (Å²) in [7, 11) is -3.53. The standard InChI is InChI=1S/C15H16N2O5S2/c1-3-22-13(18)8-10-9-23-15(16-10)17-14(19)11-6-4-5-7-12(11)24(2,20)21/h4-7,9H,3,8H2,1-2H3,(H,16,17,19). The molecule has 2 aromatic rings. The van der Waals surface area contributed by atoms with Crippen molar-refractivity contribution in [2.75, 3.05) is 18.2 Å². The normalized spacial score (nSPS) is 11.1. The number of nitrogens with one attached hydrogen (secondary N) is 1. The van der Waals surface area contributed by atoms with E-state index in [2.05, 4.69) is 10.3 Å². The Morgan fingerprint density at radius 2 is 2.00 bits per heavy atom. The van der Waals surface area contributed by atoms with Gasteiger partial charge in [0.1, 0.15) is 0 Å². The Balaban J connectivity index is 2.14. The van der Waals surface area contributed by atoms with Gasteiger partial charge in [0.25, 0.3) is 5.91 Å². The van der Waals surface area contributed by atoms with Crippen molar-refractivity contribution in [2.24, 2.45) is 0 Å². The quantitative estimate of drug-likeness (QED) is 0.781. The van der Waals surface area contributed by atoms with Gasteiger partial charge in [-0.25, -0.2) is 13.4 Å². The van der Waals surface area contributed by atoms with Crippen molar-refractivity contribution < 1.29 is 22.7 Å². The van der Waals surface area contributed by atoms with Gasteiger partial charge in [0.05, 0.1) is 29.2 Å². The average Bonchev–Trinajstić information content (AvgIpc) is 2.93. The molecule has 0 atom stereocenters. The highest BCUT2D eigenvalue weighted by atomic mass is 32.2. The van der Waals surface area contributed by atoms with Crippen molar-refractivity contribution >= 4 is 38.2 Å². The van der Waals surface area contributed by atoms with Crippen LogP contribution in [0.4, 0.5) is 5.13 Å². The van der Waals surface area contributed by atoms with Crippen molar-refractivity contribution in [3.8, 4) is 0 Å². The molecular weight excluding hydrogens is 352 g/mol. The summed E-state index contributed by atoms with van der Waals surface area (Å²) in [5.41, 5.74) is 0.521. The summed E-state index contributed by atoms with van der Waals surface area (Å²) in [5.74, 6) is -0.976. The molecule has 1 amide bonds. The second kappa shape index (κ2) is 7.54. The fourth-order valence-electron chi connectivity index (χ4n) is 1.95. The minimum Gasteiger partial charge on any atom is -0.466 e. The zero-order chi connectivity index (χ0) is 17.7. The first-order valence-corrected chi connectivity index (χ1v) is 9.79. The van der Waals surface area contributed by atoms with Gasteiger partial charge in [-0.05, 0) is 19.1 Å². The fourth-order valence-corrected chi connectivity index (χ4v) is 3.54. The van der Waals surface area contributed by atoms with E-state index in [9.17, 15) is 18.0 Å². The van der Waals surface area contributed by atoms with Crippen LogP contribution in [-0.4, -0.2) is 38.1 Å². The number of carbonyl (C=O) groups is 2. The number of nitrogens with zero attached hydrogens (tertiary/aromatic N) is 1. The Morgan fingerprint density at radius 1 is 1.29 bits per heavy atom. The van der Waals surface area contributed by atoms with Crippen LogP contribution in [0.15, 0.2) is 34.5 Å². The van der Waals surface area contributed by atoms with E-state index < -0.39 is 21.7 Å². The lowest BCUT2D eigenvalue weighted by Gasteiger charge is -2.06. The number of hydrogen-bond acceptors (Lipinski definition) is 7. The zero-order valence-corrected chi connectivity index (χ0v) is 14.7. The van der Waals surface area contributed by atoms with Crippen molar-refractivity contribution in [2.45, 2.75) is 18.2 Å². The molecule has 1 heterocycles. The van der Waals surface area contributed by atoms with Gasteiger partial charge < -0.3 is 4.74 Å². The number of benzene rings is 1. The van der Waals surface area contributed by atoms with Gasteiger partial charge >= 0.3 is 5.97 Å². The summed E-state index contributed by atoms with van der Waals surface area (Å²) in [6.07, 6.45) is 1.06. The summed E-state index contributed by atoms with van der Waals surface area (Å²) in [6.45, 7) is 2.00. The molecule has 0 saturated carbocycles. The third-order valence-corrected chi connectivity index (χ3v) is 4.90. The summed E-state index contributed by atoms with van der Waals surface area (Å²) in [5, 5.41) is 4.46. The van der Waals surface area contributed by atoms with Crippen molar-refractivity contribution in [3.05, 3.63) is 40.9 Å². The highest BCUT2D eigenvalue weighted by Gasteiger charge is 2.19. The topological polar surface area (TPSA) is 102 Å². The average molecular weight is 368 g/mol. The molecule has 0 radical (unpaired) electrons. The number of ether oxygens (including phenoxy) is 1. The predicted octanol–water partition coefficient (Wildman–Crippen LogP) is 1.90. The minimum atomic E-state index is -3.53. The summed E-state index contributed by atoms with van der Waals surface area (Å²) in [4.78, 5) is 27.8. The van der Waals surface area contributed by atoms with Gasteiger partial charge in [0.2, 0.25) is 0 Å². The molecule has 0 bridgehead atoms. The maximum Gasteiger partial charge on any atom is 0.311 e. The number of anilines is 1. The van der Waals surface area contributed by atoms with Crippen molar-refractivity contribution in [1.29, 1.82) is 0 Å². The van der Waals surface area contributed by atoms with E-state index >= 15 is 0 Å². The molecule has 24 heavy (non-hydrogen) atoms. The molecule has 0 fully saturated rings. The van der Waals surface area contributed by atoms with E-state index in [1.807, 2.05) is 0 Å². The lowest BCUT2D eigenvalue weighted by atomic mass is 10.2. The molecule has 0 spiro atoms. The van der Waals surface area contributed by atoms with Gasteiger partial charge in [-0.3, -0.25) is 14.9 Å². The molecule has 128 valence electrons. The molecule has 0 aliphatic carbocycles. The predicted molar refractivity (Wildman–Crippen MR) is 90.0 cm³/mol. The SMILES string of the molecule is CCOC(=O)Cc1csc(NC(=O)c2ccccc2S(C)(=O)=O)n1. The summed E-state index contributed by atoms with van der Waals surface area (Å²) in [6, 6.07) is 5.93. The monoisotopic (exact) mass is 368 g/mol. The first-order chi connectivity index (χ1) is 11.3. The minimum absolute atomic E-state index is 0.0140. The van der Waals surface area contributed by atoms with E-state index in [1.54, 1.807) is 24.4 Å². The van der Waals surface area contributed by atoms with E-state index in [0.717, 1.165) is 17.6 Å². The van der Waals surface area contributed by atoms with Gasteiger partial charge in [0, 0.05) is 11.6 Å². The molecule has 1 aromatic heterocycles. The van der Waals surface area contributed by atoms with Gasteiger partial charge in [-0.2, -0.15) is 0 Å². The van der Waals surface area contributed by atoms with Gasteiger partial charge in [0.15, 0.2) is 15.0 Å². The molecular formula is C15H16N2O5S2. The highest BCUT2D eigenvalue weighted by Crippen LogP contribution is 2.20. The van der Waals surface area contributed by atoms with Gasteiger partial charge in [-0.1, -0.05) is 12.1 Å². The third-order valence-electron chi connectivity index (χ3n) is 2.93. The van der Waals surface area contributed by atoms with Crippen LogP contribution >= 0.6 is 11.3 Å². The molecule has 0 unspecified atom stereocenters. The van der Waals surface area contributed by atoms with Crippen LogP contribution in [0.5, 0.6) is 0 Å². The number of rotatable bonds is 6. The molecule has 7 nitrogen and oxygen atoms in total. The molecule has 1 aromatic carbocycles. The van der Waals surface area contributed by atoms with Crippen LogP contribution in [0, 0.1) is 0 Å². The largest absolute Gasteiger partial charge is 0.466 e. The molecule has 0 saturated heterocycles. The zero-order valence-electron chi connectivity index (χ0n) is 13.1. The van der Waals surface area contributed by atoms with Crippen LogP contribution in [0.2, 0.25) is 0 Å². The fraction of sp³-hybridized carbons (Fsp3) is 0.267. The third kappa shape index (κ3) is 4.62. The Bertz CT molecular complexity index is 858. The number of carbonyl (C=O) groups excluding carboxylic acids is 2. The molecule has 9 heteroatoms. The maximum absolute atomic E-state index is 12.3. The van der Waals surface area contributed by atoms with Crippen LogP contribution in [-0.2, 0) is 25.8 Å². The summed E-state index contributed by atoms with van der Waals surface area (Å²) >= 11 is 1.15. The molecule has 0 aliphatic rings. The van der Waals surface area contributed by atoms with Crippen molar-refractivity contribution in [3.63, 3.8) is 0 Å². The second-order valence-corrected chi connectivity index (χ2v) is 7.69. The number of aromatic nitrogens is 1. The Kier molecular flexibility index (Phi) is 5.68. The Hall–Kier alpha value is -2.26. The number of sulfone groups is 1. The lowest BCUT2D eigenvalue weighted by Crippen LogP contribution is -2.16. The van der Waals surface area contributed by atoms with Gasteiger partial charge in [-0.15, -0.1) is 11.3 Å². The number of hydrogen-bond donors (Lipinski definition) is 1. The Morgan fingerprint density at radius 3 is 2.67 bits per heavy atom. The maximum atomic E-state index is 12.3. The second-order valence-electron chi connectivity index (χ2n) is 4.85. The highest BCUT2D eigenvalue weighted by molar-refractivity contribution is 7.90. The van der Waals surface area contributed by atoms with Crippen molar-refractivity contribution in [1.82, 2.24) is 4.98 Å². The van der Waals surface area contributed by atoms with Crippen LogP contribution in [0.1, 0.15) is 23.0 Å². The first kappa shape index (κ1) is 18.1. The van der Waals surface area contributed by atoms with E-state index in [-0.39, 0.29) is 28.6 Å². The van der Waals surface area contributed by atoms with Crippen LogP contribution in [0.25, 0.3) is 0 Å². The number of esters is 1. The molecule has 0 aliphatic heterocycles. The summed E-state index contributed by atoms with van der Waals surface area (Å²) < 4.78 is 28.3. The van der Waals surface area contributed by atoms with E-state index in [1.165, 1.54) is 12.1 Å². The smallest absolute Gasteiger partial charge is 0.311 e. The number of thiazole rings is 1. The molecule has 2 rings (SSSR count). The Labute approximate surface area is 143 Å². The van der Waals surface area contributed by atoms with E-state index in [0.29, 0.717) is 5.69 Å². The number of amides is 1.